The molecule has 4 rings (SSSR count). The van der Waals surface area contributed by atoms with Gasteiger partial charge in [-0.05, 0) is 30.7 Å². The third kappa shape index (κ3) is 2.52. The van der Waals surface area contributed by atoms with Gasteiger partial charge in [0.15, 0.2) is 0 Å². The molecule has 2 aromatic carbocycles. The summed E-state index contributed by atoms with van der Waals surface area (Å²) in [7, 11) is 0. The fraction of sp³-hybridized carbons (Fsp3) is 0.263. The van der Waals surface area contributed by atoms with Gasteiger partial charge < -0.3 is 9.64 Å². The van der Waals surface area contributed by atoms with E-state index in [-0.39, 0.29) is 5.56 Å². The molecule has 0 spiro atoms. The zero-order valence-corrected chi connectivity index (χ0v) is 13.6. The lowest BCUT2D eigenvalue weighted by Crippen LogP contribution is -2.28. The molecule has 0 saturated carbocycles. The number of benzene rings is 2. The van der Waals surface area contributed by atoms with E-state index in [1.54, 1.807) is 4.57 Å². The van der Waals surface area contributed by atoms with Gasteiger partial charge in [0.2, 0.25) is 5.95 Å². The summed E-state index contributed by atoms with van der Waals surface area (Å²) in [4.78, 5) is 19.4. The van der Waals surface area contributed by atoms with Crippen LogP contribution in [0.2, 0.25) is 0 Å². The van der Waals surface area contributed by atoms with E-state index in [0.717, 1.165) is 29.3 Å². The maximum atomic E-state index is 12.6. The van der Waals surface area contributed by atoms with Crippen molar-refractivity contribution in [2.45, 2.75) is 13.5 Å². The van der Waals surface area contributed by atoms with Crippen LogP contribution in [0, 0.1) is 6.92 Å². The second kappa shape index (κ2) is 6.00. The molecule has 5 nitrogen and oxygen atoms in total. The van der Waals surface area contributed by atoms with Crippen LogP contribution in [0.15, 0.2) is 53.3 Å². The SMILES string of the molecule is Cc1ccccc1OCCN1CCn2c1nc1ccccc1c2=O. The number of para-hydroxylation sites is 2. The van der Waals surface area contributed by atoms with E-state index in [9.17, 15) is 4.79 Å². The van der Waals surface area contributed by atoms with Crippen molar-refractivity contribution in [3.05, 3.63) is 64.4 Å². The first-order valence-corrected chi connectivity index (χ1v) is 8.17. The van der Waals surface area contributed by atoms with Crippen molar-refractivity contribution in [1.29, 1.82) is 0 Å². The minimum absolute atomic E-state index is 0.0397. The van der Waals surface area contributed by atoms with Gasteiger partial charge in [0.1, 0.15) is 12.4 Å². The van der Waals surface area contributed by atoms with Crippen LogP contribution in [0.5, 0.6) is 5.75 Å². The van der Waals surface area contributed by atoms with Gasteiger partial charge in [-0.1, -0.05) is 30.3 Å². The molecule has 1 aliphatic rings. The maximum absolute atomic E-state index is 12.6. The molecule has 0 N–H and O–H groups in total. The molecule has 3 aromatic rings. The van der Waals surface area contributed by atoms with Crippen LogP contribution in [0.3, 0.4) is 0 Å². The molecule has 0 aliphatic carbocycles. The lowest BCUT2D eigenvalue weighted by molar-refractivity contribution is 0.322. The highest BCUT2D eigenvalue weighted by atomic mass is 16.5. The first-order valence-electron chi connectivity index (χ1n) is 8.17. The minimum atomic E-state index is 0.0397. The van der Waals surface area contributed by atoms with Crippen molar-refractivity contribution >= 4 is 16.9 Å². The van der Waals surface area contributed by atoms with Crippen LogP contribution >= 0.6 is 0 Å². The number of fused-ring (bicyclic) bond motifs is 2. The Morgan fingerprint density at radius 1 is 1.08 bits per heavy atom. The number of hydrogen-bond acceptors (Lipinski definition) is 4. The van der Waals surface area contributed by atoms with E-state index < -0.39 is 0 Å². The molecule has 0 radical (unpaired) electrons. The first-order chi connectivity index (χ1) is 11.7. The first kappa shape index (κ1) is 14.8. The molecule has 0 bridgehead atoms. The molecule has 0 atom stereocenters. The molecule has 122 valence electrons. The molecular formula is C19H19N3O2. The molecule has 0 fully saturated rings. The number of ether oxygens (including phenoxy) is 1. The van der Waals surface area contributed by atoms with Crippen LogP contribution in [-0.2, 0) is 6.54 Å². The molecule has 0 amide bonds. The summed E-state index contributed by atoms with van der Waals surface area (Å²) in [6.07, 6.45) is 0. The Bertz CT molecular complexity index is 949. The van der Waals surface area contributed by atoms with Gasteiger partial charge in [-0.15, -0.1) is 0 Å². The average molecular weight is 321 g/mol. The van der Waals surface area contributed by atoms with Crippen LogP contribution in [0.1, 0.15) is 5.56 Å². The topological polar surface area (TPSA) is 47.4 Å². The normalized spacial score (nSPS) is 13.3. The quantitative estimate of drug-likeness (QED) is 0.741. The summed E-state index contributed by atoms with van der Waals surface area (Å²) in [5.41, 5.74) is 1.91. The van der Waals surface area contributed by atoms with E-state index in [2.05, 4.69) is 9.88 Å². The van der Waals surface area contributed by atoms with Crippen molar-refractivity contribution in [2.75, 3.05) is 24.6 Å². The highest BCUT2D eigenvalue weighted by Crippen LogP contribution is 2.20. The Kier molecular flexibility index (Phi) is 3.69. The number of hydrogen-bond donors (Lipinski definition) is 0. The molecule has 1 aromatic heterocycles. The predicted molar refractivity (Wildman–Crippen MR) is 94.9 cm³/mol. The summed E-state index contributed by atoms with van der Waals surface area (Å²) in [5, 5.41) is 0.680. The lowest BCUT2D eigenvalue weighted by Gasteiger charge is -2.18. The molecule has 5 heteroatoms. The number of aromatic nitrogens is 2. The summed E-state index contributed by atoms with van der Waals surface area (Å²) in [5.74, 6) is 1.65. The molecule has 1 aliphatic heterocycles. The van der Waals surface area contributed by atoms with Gasteiger partial charge in [-0.25, -0.2) is 4.98 Å². The number of anilines is 1. The Morgan fingerprint density at radius 2 is 1.88 bits per heavy atom. The third-order valence-electron chi connectivity index (χ3n) is 4.43. The fourth-order valence-corrected chi connectivity index (χ4v) is 3.12. The Labute approximate surface area is 140 Å². The summed E-state index contributed by atoms with van der Waals surface area (Å²) >= 11 is 0. The molecule has 0 unspecified atom stereocenters. The molecule has 24 heavy (non-hydrogen) atoms. The largest absolute Gasteiger partial charge is 0.491 e. The van der Waals surface area contributed by atoms with Gasteiger partial charge in [0.05, 0.1) is 17.4 Å². The van der Waals surface area contributed by atoms with Crippen molar-refractivity contribution in [3.8, 4) is 5.75 Å². The van der Waals surface area contributed by atoms with E-state index in [4.69, 9.17) is 4.74 Å². The molecule has 0 saturated heterocycles. The summed E-state index contributed by atoms with van der Waals surface area (Å²) < 4.78 is 7.63. The van der Waals surface area contributed by atoms with Crippen LogP contribution < -0.4 is 15.2 Å². The van der Waals surface area contributed by atoms with Crippen molar-refractivity contribution in [1.82, 2.24) is 9.55 Å². The van der Waals surface area contributed by atoms with Crippen LogP contribution in [0.25, 0.3) is 10.9 Å². The Hall–Kier alpha value is -2.82. The fourth-order valence-electron chi connectivity index (χ4n) is 3.12. The van der Waals surface area contributed by atoms with Gasteiger partial charge >= 0.3 is 0 Å². The van der Waals surface area contributed by atoms with Crippen LogP contribution in [0.4, 0.5) is 5.95 Å². The molecular weight excluding hydrogens is 302 g/mol. The summed E-state index contributed by atoms with van der Waals surface area (Å²) in [6, 6.07) is 15.5. The number of nitrogens with zero attached hydrogens (tertiary/aromatic N) is 3. The smallest absolute Gasteiger partial charge is 0.262 e. The van der Waals surface area contributed by atoms with Gasteiger partial charge in [0.25, 0.3) is 5.56 Å². The van der Waals surface area contributed by atoms with Gasteiger partial charge in [0, 0.05) is 13.1 Å². The lowest BCUT2D eigenvalue weighted by atomic mass is 10.2. The zero-order chi connectivity index (χ0) is 16.5. The maximum Gasteiger partial charge on any atom is 0.262 e. The third-order valence-corrected chi connectivity index (χ3v) is 4.43. The van der Waals surface area contributed by atoms with E-state index >= 15 is 0 Å². The van der Waals surface area contributed by atoms with Crippen molar-refractivity contribution < 1.29 is 4.74 Å². The summed E-state index contributed by atoms with van der Waals surface area (Å²) in [6.45, 7) is 4.77. The van der Waals surface area contributed by atoms with Crippen LogP contribution in [-0.4, -0.2) is 29.2 Å². The monoisotopic (exact) mass is 321 g/mol. The highest BCUT2D eigenvalue weighted by Gasteiger charge is 2.22. The molecule has 2 heterocycles. The van der Waals surface area contributed by atoms with Crippen molar-refractivity contribution in [2.24, 2.45) is 0 Å². The standard InChI is InChI=1S/C19H19N3O2/c1-14-6-2-5-9-17(14)24-13-12-21-10-11-22-18(23)15-7-3-4-8-16(15)20-19(21)22/h2-9H,10-13H2,1H3. The highest BCUT2D eigenvalue weighted by molar-refractivity contribution is 5.78. The van der Waals surface area contributed by atoms with Crippen molar-refractivity contribution in [3.63, 3.8) is 0 Å². The Balaban J connectivity index is 1.54. The Morgan fingerprint density at radius 3 is 2.75 bits per heavy atom. The van der Waals surface area contributed by atoms with E-state index in [1.165, 1.54) is 0 Å². The van der Waals surface area contributed by atoms with E-state index in [0.29, 0.717) is 25.1 Å². The number of aryl methyl sites for hydroxylation is 1. The van der Waals surface area contributed by atoms with Gasteiger partial charge in [-0.2, -0.15) is 0 Å². The second-order valence-electron chi connectivity index (χ2n) is 5.99. The average Bonchev–Trinajstić information content (AvgIpc) is 3.00. The zero-order valence-electron chi connectivity index (χ0n) is 13.6. The van der Waals surface area contributed by atoms with E-state index in [1.807, 2.05) is 55.5 Å². The number of rotatable bonds is 4. The minimum Gasteiger partial charge on any atom is -0.491 e. The second-order valence-corrected chi connectivity index (χ2v) is 5.99. The predicted octanol–water partition coefficient (Wildman–Crippen LogP) is 2.60. The van der Waals surface area contributed by atoms with Gasteiger partial charge in [-0.3, -0.25) is 9.36 Å².